The van der Waals surface area contributed by atoms with Gasteiger partial charge in [0, 0.05) is 0 Å². The van der Waals surface area contributed by atoms with Crippen LogP contribution in [0.3, 0.4) is 0 Å². The van der Waals surface area contributed by atoms with Gasteiger partial charge in [-0.05, 0) is 39.9 Å². The Morgan fingerprint density at radius 3 is 2.29 bits per heavy atom. The molecule has 0 saturated heterocycles. The van der Waals surface area contributed by atoms with Gasteiger partial charge in [-0.1, -0.05) is 26.0 Å². The molecular formula is C12H18BrNO3. The van der Waals surface area contributed by atoms with Crippen molar-refractivity contribution in [3.05, 3.63) is 27.7 Å². The molecule has 0 aliphatic carbocycles. The van der Waals surface area contributed by atoms with E-state index in [1.807, 2.05) is 19.1 Å². The minimum absolute atomic E-state index is 0.278. The Labute approximate surface area is 110 Å². The lowest BCUT2D eigenvalue weighted by atomic mass is 10.0. The average Bonchev–Trinajstić information content (AvgIpc) is 2.26. The van der Waals surface area contributed by atoms with Crippen LogP contribution in [0.25, 0.3) is 0 Å². The fourth-order valence-electron chi connectivity index (χ4n) is 1.15. The number of carboxylic acid groups (broad SMARTS) is 1. The standard InChI is InChI=1S/C10H13BrO.C2H5NO2/c1-6(2)8-5-4-7(3)9(11)10(8)12;3-1-2(4)5/h4-6,12H,1-3H3;1,3H2,(H,4,5). The van der Waals surface area contributed by atoms with Gasteiger partial charge in [-0.25, -0.2) is 0 Å². The van der Waals surface area contributed by atoms with Crippen molar-refractivity contribution in [2.45, 2.75) is 26.7 Å². The number of aryl methyl sites for hydroxylation is 1. The number of halogens is 1. The van der Waals surface area contributed by atoms with Crippen molar-refractivity contribution in [3.63, 3.8) is 0 Å². The van der Waals surface area contributed by atoms with E-state index in [0.717, 1.165) is 15.6 Å². The van der Waals surface area contributed by atoms with Crippen molar-refractivity contribution in [1.82, 2.24) is 0 Å². The van der Waals surface area contributed by atoms with E-state index in [2.05, 4.69) is 35.5 Å². The van der Waals surface area contributed by atoms with Crippen LogP contribution in [0.2, 0.25) is 0 Å². The number of hydrogen-bond donors (Lipinski definition) is 3. The molecule has 1 rings (SSSR count). The van der Waals surface area contributed by atoms with E-state index in [1.54, 1.807) is 0 Å². The van der Waals surface area contributed by atoms with Gasteiger partial charge < -0.3 is 15.9 Å². The van der Waals surface area contributed by atoms with E-state index >= 15 is 0 Å². The molecule has 0 saturated carbocycles. The van der Waals surface area contributed by atoms with Crippen molar-refractivity contribution >= 4 is 21.9 Å². The first kappa shape index (κ1) is 15.9. The van der Waals surface area contributed by atoms with Crippen LogP contribution in [-0.2, 0) is 4.79 Å². The van der Waals surface area contributed by atoms with E-state index in [9.17, 15) is 9.90 Å². The summed E-state index contributed by atoms with van der Waals surface area (Å²) in [5.41, 5.74) is 6.63. The largest absolute Gasteiger partial charge is 0.506 e. The molecule has 0 radical (unpaired) electrons. The Bertz CT molecular complexity index is 392. The van der Waals surface area contributed by atoms with Crippen molar-refractivity contribution in [2.24, 2.45) is 5.73 Å². The van der Waals surface area contributed by atoms with E-state index in [-0.39, 0.29) is 6.54 Å². The number of aliphatic carboxylic acids is 1. The maximum absolute atomic E-state index is 9.70. The number of rotatable bonds is 2. The topological polar surface area (TPSA) is 83.5 Å². The van der Waals surface area contributed by atoms with Gasteiger partial charge in [-0.3, -0.25) is 4.79 Å². The van der Waals surface area contributed by atoms with E-state index in [4.69, 9.17) is 5.11 Å². The Balaban J connectivity index is 0.000000437. The highest BCUT2D eigenvalue weighted by Crippen LogP contribution is 2.34. The molecule has 0 bridgehead atoms. The summed E-state index contributed by atoms with van der Waals surface area (Å²) in [6, 6.07) is 3.99. The number of aromatic hydroxyl groups is 1. The first-order valence-corrected chi connectivity index (χ1v) is 6.00. The van der Waals surface area contributed by atoms with E-state index < -0.39 is 5.97 Å². The molecule has 96 valence electrons. The summed E-state index contributed by atoms with van der Waals surface area (Å²) in [4.78, 5) is 9.24. The summed E-state index contributed by atoms with van der Waals surface area (Å²) in [6.45, 7) is 5.82. The smallest absolute Gasteiger partial charge is 0.317 e. The van der Waals surface area contributed by atoms with Crippen molar-refractivity contribution < 1.29 is 15.0 Å². The van der Waals surface area contributed by atoms with Gasteiger partial charge >= 0.3 is 5.97 Å². The second-order valence-electron chi connectivity index (χ2n) is 3.89. The Hall–Kier alpha value is -1.07. The minimum Gasteiger partial charge on any atom is -0.506 e. The molecular weight excluding hydrogens is 286 g/mol. The highest BCUT2D eigenvalue weighted by molar-refractivity contribution is 9.10. The molecule has 0 amide bonds. The molecule has 5 heteroatoms. The van der Waals surface area contributed by atoms with Gasteiger partial charge in [0.05, 0.1) is 11.0 Å². The van der Waals surface area contributed by atoms with Crippen LogP contribution in [0, 0.1) is 6.92 Å². The lowest BCUT2D eigenvalue weighted by molar-refractivity contribution is -0.135. The monoisotopic (exact) mass is 303 g/mol. The van der Waals surface area contributed by atoms with Crippen LogP contribution >= 0.6 is 15.9 Å². The molecule has 4 N–H and O–H groups in total. The van der Waals surface area contributed by atoms with Crippen molar-refractivity contribution in [3.8, 4) is 5.75 Å². The molecule has 1 aromatic rings. The van der Waals surface area contributed by atoms with Crippen LogP contribution in [0.1, 0.15) is 30.9 Å². The van der Waals surface area contributed by atoms with Gasteiger partial charge in [0.15, 0.2) is 0 Å². The van der Waals surface area contributed by atoms with Gasteiger partial charge in [-0.15, -0.1) is 0 Å². The molecule has 0 fully saturated rings. The fourth-order valence-corrected chi connectivity index (χ4v) is 1.51. The van der Waals surface area contributed by atoms with Crippen LogP contribution in [0.15, 0.2) is 16.6 Å². The molecule has 17 heavy (non-hydrogen) atoms. The molecule has 4 nitrogen and oxygen atoms in total. The zero-order valence-electron chi connectivity index (χ0n) is 10.2. The summed E-state index contributed by atoms with van der Waals surface area (Å²) in [5.74, 6) is -0.225. The normalized spacial score (nSPS) is 9.76. The fraction of sp³-hybridized carbons (Fsp3) is 0.417. The number of phenols is 1. The highest BCUT2D eigenvalue weighted by Gasteiger charge is 2.09. The molecule has 1 aromatic carbocycles. The molecule has 0 atom stereocenters. The van der Waals surface area contributed by atoms with Gasteiger partial charge in [0.25, 0.3) is 0 Å². The van der Waals surface area contributed by atoms with Crippen molar-refractivity contribution in [1.29, 1.82) is 0 Å². The number of phenolic OH excluding ortho intramolecular Hbond substituents is 1. The quantitative estimate of drug-likeness (QED) is 0.784. The first-order valence-electron chi connectivity index (χ1n) is 5.21. The number of carbonyl (C=O) groups is 1. The average molecular weight is 304 g/mol. The number of hydrogen-bond acceptors (Lipinski definition) is 3. The Morgan fingerprint density at radius 2 is 1.94 bits per heavy atom. The third kappa shape index (κ3) is 5.19. The van der Waals surface area contributed by atoms with Crippen LogP contribution in [-0.4, -0.2) is 22.7 Å². The lowest BCUT2D eigenvalue weighted by Crippen LogP contribution is -2.10. The predicted octanol–water partition coefficient (Wildman–Crippen LogP) is 2.62. The maximum Gasteiger partial charge on any atom is 0.317 e. The lowest BCUT2D eigenvalue weighted by Gasteiger charge is -2.10. The molecule has 0 aliphatic heterocycles. The van der Waals surface area contributed by atoms with Gasteiger partial charge in [0.1, 0.15) is 5.75 Å². The zero-order valence-corrected chi connectivity index (χ0v) is 11.8. The third-order valence-corrected chi connectivity index (χ3v) is 3.14. The van der Waals surface area contributed by atoms with Gasteiger partial charge in [0.2, 0.25) is 0 Å². The second-order valence-corrected chi connectivity index (χ2v) is 4.68. The summed E-state index contributed by atoms with van der Waals surface area (Å²) in [7, 11) is 0. The van der Waals surface area contributed by atoms with E-state index in [1.165, 1.54) is 0 Å². The third-order valence-electron chi connectivity index (χ3n) is 2.14. The molecule has 0 spiro atoms. The zero-order chi connectivity index (χ0) is 13.6. The SMILES string of the molecule is Cc1ccc(C(C)C)c(O)c1Br.NCC(=O)O. The number of carboxylic acids is 1. The van der Waals surface area contributed by atoms with Crippen LogP contribution < -0.4 is 5.73 Å². The number of nitrogens with two attached hydrogens (primary N) is 1. The first-order chi connectivity index (χ1) is 7.81. The van der Waals surface area contributed by atoms with Gasteiger partial charge in [-0.2, -0.15) is 0 Å². The maximum atomic E-state index is 9.70. The predicted molar refractivity (Wildman–Crippen MR) is 71.3 cm³/mol. The second kappa shape index (κ2) is 7.29. The Kier molecular flexibility index (Phi) is 6.83. The van der Waals surface area contributed by atoms with Crippen molar-refractivity contribution in [2.75, 3.05) is 6.54 Å². The summed E-state index contributed by atoms with van der Waals surface area (Å²) < 4.78 is 0.814. The van der Waals surface area contributed by atoms with E-state index in [0.29, 0.717) is 11.7 Å². The summed E-state index contributed by atoms with van der Waals surface area (Å²) in [6.07, 6.45) is 0. The minimum atomic E-state index is -0.968. The highest BCUT2D eigenvalue weighted by atomic mass is 79.9. The summed E-state index contributed by atoms with van der Waals surface area (Å²) in [5, 5.41) is 17.3. The Morgan fingerprint density at radius 1 is 1.47 bits per heavy atom. The number of benzene rings is 1. The molecule has 0 unspecified atom stereocenters. The molecule has 0 aliphatic rings. The molecule has 0 heterocycles. The van der Waals surface area contributed by atoms with Crippen LogP contribution in [0.4, 0.5) is 0 Å². The summed E-state index contributed by atoms with van der Waals surface area (Å²) >= 11 is 3.35. The molecule has 0 aromatic heterocycles. The van der Waals surface area contributed by atoms with Crippen LogP contribution in [0.5, 0.6) is 5.75 Å².